The van der Waals surface area contributed by atoms with Crippen LogP contribution in [0.3, 0.4) is 0 Å². The highest BCUT2D eigenvalue weighted by Crippen LogP contribution is 2.23. The molecule has 0 aliphatic rings. The second-order valence-corrected chi connectivity index (χ2v) is 4.42. The molecule has 0 amide bonds. The van der Waals surface area contributed by atoms with Gasteiger partial charge in [0.15, 0.2) is 0 Å². The minimum absolute atomic E-state index is 0.0144. The van der Waals surface area contributed by atoms with Gasteiger partial charge in [-0.2, -0.15) is 0 Å². The van der Waals surface area contributed by atoms with Crippen LogP contribution in [0.15, 0.2) is 47.6 Å². The maximum atomic E-state index is 13.0. The Kier molecular flexibility index (Phi) is 6.77. The Bertz CT molecular complexity index is 368. The summed E-state index contributed by atoms with van der Waals surface area (Å²) in [6, 6.07) is -0.227. The van der Waals surface area contributed by atoms with Crippen molar-refractivity contribution in [2.75, 3.05) is 0 Å². The predicted molar refractivity (Wildman–Crippen MR) is 74.7 cm³/mol. The van der Waals surface area contributed by atoms with E-state index in [0.29, 0.717) is 0 Å². The highest BCUT2D eigenvalue weighted by molar-refractivity contribution is 5.44. The SMILES string of the molecule is C=CC(=C\CC)/C(=C/C=C(\C)C(C)(F)F)C(C)N. The van der Waals surface area contributed by atoms with Gasteiger partial charge in [-0.3, -0.25) is 0 Å². The summed E-state index contributed by atoms with van der Waals surface area (Å²) >= 11 is 0. The van der Waals surface area contributed by atoms with Crippen LogP contribution in [0.1, 0.15) is 34.1 Å². The van der Waals surface area contributed by atoms with Gasteiger partial charge in [-0.1, -0.05) is 37.8 Å². The Morgan fingerprint density at radius 1 is 1.39 bits per heavy atom. The molecule has 0 bridgehead atoms. The van der Waals surface area contributed by atoms with Crippen LogP contribution in [0, 0.1) is 0 Å². The number of halogens is 2. The van der Waals surface area contributed by atoms with E-state index in [4.69, 9.17) is 5.73 Å². The summed E-state index contributed by atoms with van der Waals surface area (Å²) < 4.78 is 26.1. The molecule has 0 spiro atoms. The first kappa shape index (κ1) is 16.8. The van der Waals surface area contributed by atoms with Gasteiger partial charge in [0.25, 0.3) is 5.92 Å². The van der Waals surface area contributed by atoms with Gasteiger partial charge in [-0.05, 0) is 37.0 Å². The number of hydrogen-bond donors (Lipinski definition) is 1. The lowest BCUT2D eigenvalue weighted by atomic mass is 9.97. The largest absolute Gasteiger partial charge is 0.324 e. The molecular formula is C15H23F2N. The van der Waals surface area contributed by atoms with Gasteiger partial charge in [-0.15, -0.1) is 0 Å². The molecule has 0 radical (unpaired) electrons. The molecule has 0 saturated carbocycles. The summed E-state index contributed by atoms with van der Waals surface area (Å²) in [5.74, 6) is -2.80. The molecule has 2 N–H and O–H groups in total. The van der Waals surface area contributed by atoms with Crippen LogP contribution >= 0.6 is 0 Å². The molecule has 102 valence electrons. The van der Waals surface area contributed by atoms with Crippen LogP contribution in [0.4, 0.5) is 8.78 Å². The third kappa shape index (κ3) is 5.41. The Morgan fingerprint density at radius 3 is 2.28 bits per heavy atom. The molecule has 0 aromatic carbocycles. The van der Waals surface area contributed by atoms with Crippen molar-refractivity contribution in [3.63, 3.8) is 0 Å². The van der Waals surface area contributed by atoms with Gasteiger partial charge < -0.3 is 5.73 Å². The Balaban J connectivity index is 5.39. The molecule has 3 heteroatoms. The lowest BCUT2D eigenvalue weighted by Gasteiger charge is -2.14. The normalized spacial score (nSPS) is 16.7. The lowest BCUT2D eigenvalue weighted by Crippen LogP contribution is -2.19. The maximum absolute atomic E-state index is 13.0. The van der Waals surface area contributed by atoms with E-state index in [1.165, 1.54) is 13.0 Å². The van der Waals surface area contributed by atoms with Gasteiger partial charge >= 0.3 is 0 Å². The first-order chi connectivity index (χ1) is 8.23. The molecule has 0 aliphatic heterocycles. The third-order valence-corrected chi connectivity index (χ3v) is 2.67. The van der Waals surface area contributed by atoms with Crippen molar-refractivity contribution in [2.24, 2.45) is 5.73 Å². The molecule has 0 saturated heterocycles. The topological polar surface area (TPSA) is 26.0 Å². The summed E-state index contributed by atoms with van der Waals surface area (Å²) in [7, 11) is 0. The second-order valence-electron chi connectivity index (χ2n) is 4.42. The fourth-order valence-corrected chi connectivity index (χ4v) is 1.41. The molecule has 0 rings (SSSR count). The van der Waals surface area contributed by atoms with Crippen LogP contribution in [0.5, 0.6) is 0 Å². The first-order valence-electron chi connectivity index (χ1n) is 6.09. The lowest BCUT2D eigenvalue weighted by molar-refractivity contribution is 0.0635. The van der Waals surface area contributed by atoms with E-state index in [1.54, 1.807) is 12.2 Å². The zero-order chi connectivity index (χ0) is 14.3. The maximum Gasteiger partial charge on any atom is 0.266 e. The van der Waals surface area contributed by atoms with Crippen LogP contribution in [-0.4, -0.2) is 12.0 Å². The fraction of sp³-hybridized carbons (Fsp3) is 0.467. The number of alkyl halides is 2. The number of rotatable bonds is 6. The molecule has 0 fully saturated rings. The predicted octanol–water partition coefficient (Wildman–Crippen LogP) is 4.38. The zero-order valence-electron chi connectivity index (χ0n) is 11.6. The average molecular weight is 255 g/mol. The van der Waals surface area contributed by atoms with E-state index < -0.39 is 5.92 Å². The smallest absolute Gasteiger partial charge is 0.266 e. The number of hydrogen-bond acceptors (Lipinski definition) is 1. The van der Waals surface area contributed by atoms with Crippen molar-refractivity contribution in [1.29, 1.82) is 0 Å². The van der Waals surface area contributed by atoms with Crippen molar-refractivity contribution in [1.82, 2.24) is 0 Å². The fourth-order valence-electron chi connectivity index (χ4n) is 1.41. The summed E-state index contributed by atoms with van der Waals surface area (Å²) in [5, 5.41) is 0. The number of allylic oxidation sites excluding steroid dienone is 5. The van der Waals surface area contributed by atoms with Gasteiger partial charge in [0.2, 0.25) is 0 Å². The van der Waals surface area contributed by atoms with E-state index in [-0.39, 0.29) is 11.6 Å². The van der Waals surface area contributed by atoms with E-state index >= 15 is 0 Å². The Hall–Kier alpha value is -1.22. The molecule has 1 unspecified atom stereocenters. The van der Waals surface area contributed by atoms with Gasteiger partial charge in [0.05, 0.1) is 0 Å². The molecule has 0 aromatic heterocycles. The van der Waals surface area contributed by atoms with Crippen LogP contribution in [0.2, 0.25) is 0 Å². The quantitative estimate of drug-likeness (QED) is 0.700. The van der Waals surface area contributed by atoms with E-state index in [9.17, 15) is 8.78 Å². The molecule has 0 aliphatic carbocycles. The van der Waals surface area contributed by atoms with Crippen molar-refractivity contribution >= 4 is 0 Å². The van der Waals surface area contributed by atoms with Crippen molar-refractivity contribution < 1.29 is 8.78 Å². The first-order valence-corrected chi connectivity index (χ1v) is 6.09. The summed E-state index contributed by atoms with van der Waals surface area (Å²) in [6.45, 7) is 9.85. The standard InChI is InChI=1S/C15H23F2N/c1-6-8-13(7-2)14(12(4)18)10-9-11(3)15(5,16)17/h7-10,12H,2,6,18H2,1,3-5H3/b11-9+,13-8+,14-10+. The number of nitrogens with two attached hydrogens (primary N) is 1. The van der Waals surface area contributed by atoms with Crippen molar-refractivity contribution in [3.8, 4) is 0 Å². The van der Waals surface area contributed by atoms with E-state index in [1.807, 2.05) is 19.9 Å². The molecular weight excluding hydrogens is 232 g/mol. The summed E-state index contributed by atoms with van der Waals surface area (Å²) in [5.41, 5.74) is 7.59. The van der Waals surface area contributed by atoms with Crippen molar-refractivity contribution in [2.45, 2.75) is 46.1 Å². The van der Waals surface area contributed by atoms with Gasteiger partial charge in [0.1, 0.15) is 0 Å². The Morgan fingerprint density at radius 2 is 1.94 bits per heavy atom. The van der Waals surface area contributed by atoms with E-state index in [2.05, 4.69) is 6.58 Å². The third-order valence-electron chi connectivity index (χ3n) is 2.67. The monoisotopic (exact) mass is 255 g/mol. The minimum Gasteiger partial charge on any atom is -0.324 e. The van der Waals surface area contributed by atoms with Crippen LogP contribution < -0.4 is 5.73 Å². The second kappa shape index (κ2) is 7.27. The van der Waals surface area contributed by atoms with Crippen LogP contribution in [-0.2, 0) is 0 Å². The van der Waals surface area contributed by atoms with Crippen molar-refractivity contribution in [3.05, 3.63) is 47.6 Å². The van der Waals surface area contributed by atoms with Gasteiger partial charge in [-0.25, -0.2) is 8.78 Å². The van der Waals surface area contributed by atoms with Gasteiger partial charge in [0, 0.05) is 13.0 Å². The Labute approximate surface area is 109 Å². The molecule has 1 nitrogen and oxygen atoms in total. The highest BCUT2D eigenvalue weighted by Gasteiger charge is 2.22. The van der Waals surface area contributed by atoms with Crippen LogP contribution in [0.25, 0.3) is 0 Å². The molecule has 1 atom stereocenters. The minimum atomic E-state index is -2.80. The summed E-state index contributed by atoms with van der Waals surface area (Å²) in [6.07, 6.45) is 7.60. The molecule has 0 aromatic rings. The highest BCUT2D eigenvalue weighted by atomic mass is 19.3. The molecule has 18 heavy (non-hydrogen) atoms. The molecule has 0 heterocycles. The van der Waals surface area contributed by atoms with E-state index in [0.717, 1.165) is 24.5 Å². The summed E-state index contributed by atoms with van der Waals surface area (Å²) in [4.78, 5) is 0. The zero-order valence-corrected chi connectivity index (χ0v) is 11.6. The average Bonchev–Trinajstić information content (AvgIpc) is 2.25.